The van der Waals surface area contributed by atoms with E-state index in [9.17, 15) is 4.79 Å². The summed E-state index contributed by atoms with van der Waals surface area (Å²) < 4.78 is 0. The zero-order valence-electron chi connectivity index (χ0n) is 17.4. The summed E-state index contributed by atoms with van der Waals surface area (Å²) in [6.07, 6.45) is 7.00. The van der Waals surface area contributed by atoms with Crippen molar-refractivity contribution in [1.29, 1.82) is 0 Å². The molecule has 0 aliphatic rings. The molecular weight excluding hydrogens is 348 g/mol. The molecule has 28 heavy (non-hydrogen) atoms. The van der Waals surface area contributed by atoms with Gasteiger partial charge < -0.3 is 4.90 Å². The molecule has 0 bridgehead atoms. The minimum absolute atomic E-state index is 0.0530. The number of carbonyl (C=O) groups excluding carboxylic acids is 1. The standard InChI is InChI=1S/C23H28N4O/c1-6-8-16(4)27(7-2)23(28)20-11-21(18-12-24-14-25-13-18)26-22-17(5)15(3)9-10-19(20)22/h9-14,16H,6-8H2,1-5H3/t16-/m0/s1. The number of nitrogens with zero attached hydrogens (tertiary/aromatic N) is 4. The van der Waals surface area contributed by atoms with Gasteiger partial charge >= 0.3 is 0 Å². The SMILES string of the molecule is CCC[C@H](C)N(CC)C(=O)c1cc(-c2cncnc2)nc2c(C)c(C)ccc12. The normalized spacial score (nSPS) is 12.2. The number of pyridine rings is 1. The summed E-state index contributed by atoms with van der Waals surface area (Å²) in [4.78, 5) is 28.6. The average molecular weight is 377 g/mol. The molecule has 1 aromatic carbocycles. The van der Waals surface area contributed by atoms with Crippen molar-refractivity contribution in [2.24, 2.45) is 0 Å². The van der Waals surface area contributed by atoms with Crippen LogP contribution in [0.25, 0.3) is 22.2 Å². The molecule has 0 saturated heterocycles. The molecular formula is C23H28N4O. The lowest BCUT2D eigenvalue weighted by Crippen LogP contribution is -2.38. The van der Waals surface area contributed by atoms with E-state index in [1.807, 2.05) is 24.0 Å². The highest BCUT2D eigenvalue weighted by Crippen LogP contribution is 2.29. The molecule has 0 radical (unpaired) electrons. The van der Waals surface area contributed by atoms with E-state index >= 15 is 0 Å². The molecule has 0 spiro atoms. The van der Waals surface area contributed by atoms with E-state index in [1.54, 1.807) is 12.4 Å². The summed E-state index contributed by atoms with van der Waals surface area (Å²) in [5, 5.41) is 0.899. The predicted molar refractivity (Wildman–Crippen MR) is 113 cm³/mol. The van der Waals surface area contributed by atoms with E-state index in [1.165, 1.54) is 6.33 Å². The topological polar surface area (TPSA) is 59.0 Å². The first-order chi connectivity index (χ1) is 13.5. The second kappa shape index (κ2) is 8.46. The maximum atomic E-state index is 13.6. The van der Waals surface area contributed by atoms with Gasteiger partial charge in [0.05, 0.1) is 16.8 Å². The van der Waals surface area contributed by atoms with Crippen LogP contribution in [-0.2, 0) is 0 Å². The van der Waals surface area contributed by atoms with Gasteiger partial charge in [-0.1, -0.05) is 25.5 Å². The first-order valence-electron chi connectivity index (χ1n) is 9.95. The van der Waals surface area contributed by atoms with Crippen LogP contribution in [0.3, 0.4) is 0 Å². The fourth-order valence-electron chi connectivity index (χ4n) is 3.67. The van der Waals surface area contributed by atoms with Crippen molar-refractivity contribution in [1.82, 2.24) is 19.9 Å². The summed E-state index contributed by atoms with van der Waals surface area (Å²) in [7, 11) is 0. The zero-order chi connectivity index (χ0) is 20.3. The summed E-state index contributed by atoms with van der Waals surface area (Å²) in [6.45, 7) is 11.1. The van der Waals surface area contributed by atoms with Crippen LogP contribution in [0.2, 0.25) is 0 Å². The predicted octanol–water partition coefficient (Wildman–Crippen LogP) is 4.96. The van der Waals surface area contributed by atoms with Crippen molar-refractivity contribution >= 4 is 16.8 Å². The molecule has 0 fully saturated rings. The highest BCUT2D eigenvalue weighted by atomic mass is 16.2. The lowest BCUT2D eigenvalue weighted by Gasteiger charge is -2.28. The van der Waals surface area contributed by atoms with Gasteiger partial charge in [0.2, 0.25) is 0 Å². The third-order valence-electron chi connectivity index (χ3n) is 5.43. The second-order valence-corrected chi connectivity index (χ2v) is 7.31. The molecule has 3 aromatic rings. The van der Waals surface area contributed by atoms with E-state index in [0.717, 1.165) is 46.1 Å². The van der Waals surface area contributed by atoms with Crippen LogP contribution < -0.4 is 0 Å². The Bertz CT molecular complexity index is 985. The number of hydrogen-bond donors (Lipinski definition) is 0. The van der Waals surface area contributed by atoms with Gasteiger partial charge in [-0.05, 0) is 51.3 Å². The number of aryl methyl sites for hydroxylation is 2. The number of amides is 1. The van der Waals surface area contributed by atoms with Gasteiger partial charge in [0.1, 0.15) is 6.33 Å². The third-order valence-corrected chi connectivity index (χ3v) is 5.43. The van der Waals surface area contributed by atoms with Gasteiger partial charge in [-0.25, -0.2) is 15.0 Å². The minimum Gasteiger partial charge on any atom is -0.336 e. The van der Waals surface area contributed by atoms with Gasteiger partial charge in [-0.2, -0.15) is 0 Å². The smallest absolute Gasteiger partial charge is 0.254 e. The lowest BCUT2D eigenvalue weighted by atomic mass is 9.98. The fraction of sp³-hybridized carbons (Fsp3) is 0.391. The first-order valence-corrected chi connectivity index (χ1v) is 9.95. The van der Waals surface area contributed by atoms with Crippen LogP contribution in [0, 0.1) is 13.8 Å². The molecule has 146 valence electrons. The van der Waals surface area contributed by atoms with Crippen LogP contribution in [0.15, 0.2) is 36.9 Å². The average Bonchev–Trinajstić information content (AvgIpc) is 2.71. The number of fused-ring (bicyclic) bond motifs is 1. The largest absolute Gasteiger partial charge is 0.336 e. The monoisotopic (exact) mass is 376 g/mol. The second-order valence-electron chi connectivity index (χ2n) is 7.31. The van der Waals surface area contributed by atoms with Crippen LogP contribution >= 0.6 is 0 Å². The minimum atomic E-state index is 0.0530. The Morgan fingerprint density at radius 3 is 2.50 bits per heavy atom. The summed E-state index contributed by atoms with van der Waals surface area (Å²) in [5.41, 5.74) is 5.34. The molecule has 0 saturated carbocycles. The lowest BCUT2D eigenvalue weighted by molar-refractivity contribution is 0.0697. The summed E-state index contributed by atoms with van der Waals surface area (Å²) in [6, 6.07) is 6.16. The van der Waals surface area contributed by atoms with Crippen molar-refractivity contribution in [3.8, 4) is 11.3 Å². The Morgan fingerprint density at radius 1 is 1.14 bits per heavy atom. The molecule has 5 nitrogen and oxygen atoms in total. The van der Waals surface area contributed by atoms with Crippen LogP contribution in [0.1, 0.15) is 55.1 Å². The van der Waals surface area contributed by atoms with Crippen molar-refractivity contribution in [3.63, 3.8) is 0 Å². The van der Waals surface area contributed by atoms with E-state index in [2.05, 4.69) is 43.7 Å². The van der Waals surface area contributed by atoms with Gasteiger partial charge in [0, 0.05) is 35.9 Å². The Balaban J connectivity index is 2.22. The highest BCUT2D eigenvalue weighted by molar-refractivity contribution is 6.08. The molecule has 0 N–H and O–H groups in total. The quantitative estimate of drug-likeness (QED) is 0.610. The number of aromatic nitrogens is 3. The molecule has 0 unspecified atom stereocenters. The molecule has 5 heteroatoms. The van der Waals surface area contributed by atoms with Crippen molar-refractivity contribution < 1.29 is 4.79 Å². The maximum absolute atomic E-state index is 13.6. The van der Waals surface area contributed by atoms with Crippen LogP contribution in [0.5, 0.6) is 0 Å². The molecule has 1 atom stereocenters. The molecule has 0 aliphatic carbocycles. The van der Waals surface area contributed by atoms with E-state index in [-0.39, 0.29) is 11.9 Å². The Hall–Kier alpha value is -2.82. The Kier molecular flexibility index (Phi) is 6.02. The van der Waals surface area contributed by atoms with Crippen molar-refractivity contribution in [2.45, 2.75) is 53.5 Å². The highest BCUT2D eigenvalue weighted by Gasteiger charge is 2.23. The zero-order valence-corrected chi connectivity index (χ0v) is 17.4. The molecule has 1 amide bonds. The van der Waals surface area contributed by atoms with Crippen molar-refractivity contribution in [3.05, 3.63) is 53.6 Å². The fourth-order valence-corrected chi connectivity index (χ4v) is 3.67. The molecule has 0 aliphatic heterocycles. The number of carbonyl (C=O) groups is 1. The maximum Gasteiger partial charge on any atom is 0.254 e. The van der Waals surface area contributed by atoms with Gasteiger partial charge in [-0.3, -0.25) is 4.79 Å². The van der Waals surface area contributed by atoms with Gasteiger partial charge in [0.25, 0.3) is 5.91 Å². The summed E-state index contributed by atoms with van der Waals surface area (Å²) in [5.74, 6) is 0.0530. The first kappa shape index (κ1) is 19.9. The van der Waals surface area contributed by atoms with E-state index in [4.69, 9.17) is 4.98 Å². The van der Waals surface area contributed by atoms with Gasteiger partial charge in [-0.15, -0.1) is 0 Å². The third kappa shape index (κ3) is 3.75. The Labute approximate surface area is 166 Å². The van der Waals surface area contributed by atoms with Crippen molar-refractivity contribution in [2.75, 3.05) is 6.54 Å². The summed E-state index contributed by atoms with van der Waals surface area (Å²) >= 11 is 0. The number of rotatable bonds is 6. The van der Waals surface area contributed by atoms with E-state index in [0.29, 0.717) is 12.1 Å². The van der Waals surface area contributed by atoms with Crippen LogP contribution in [-0.4, -0.2) is 38.3 Å². The van der Waals surface area contributed by atoms with Gasteiger partial charge in [0.15, 0.2) is 0 Å². The number of benzene rings is 1. The molecule has 2 aromatic heterocycles. The molecule has 2 heterocycles. The van der Waals surface area contributed by atoms with Crippen LogP contribution in [0.4, 0.5) is 0 Å². The number of hydrogen-bond acceptors (Lipinski definition) is 4. The molecule has 3 rings (SSSR count). The Morgan fingerprint density at radius 2 is 1.86 bits per heavy atom. The van der Waals surface area contributed by atoms with E-state index < -0.39 is 0 Å².